The average Bonchev–Trinajstić information content (AvgIpc) is 3.39. The smallest absolute Gasteiger partial charge is 0.260 e. The van der Waals surface area contributed by atoms with E-state index >= 15 is 0 Å². The fourth-order valence-electron chi connectivity index (χ4n) is 3.55. The van der Waals surface area contributed by atoms with Gasteiger partial charge in [0.2, 0.25) is 5.82 Å². The van der Waals surface area contributed by atoms with Crippen molar-refractivity contribution in [3.63, 3.8) is 0 Å². The first-order valence-corrected chi connectivity index (χ1v) is 11.2. The van der Waals surface area contributed by atoms with Gasteiger partial charge in [0.05, 0.1) is 26.4 Å². The number of hydroxylamine groups is 1. The number of hydrogen-bond donors (Lipinski definition) is 4. The third-order valence-electron chi connectivity index (χ3n) is 5.42. The zero-order valence-electron chi connectivity index (χ0n) is 19.5. The summed E-state index contributed by atoms with van der Waals surface area (Å²) in [5, 5.41) is 22.4. The molecule has 10 nitrogen and oxygen atoms in total. The van der Waals surface area contributed by atoms with E-state index in [1.54, 1.807) is 31.4 Å². The molecule has 10 heteroatoms. The van der Waals surface area contributed by atoms with Crippen LogP contribution >= 0.6 is 0 Å². The number of carbonyl (C=O) groups excluding carboxylic acids is 1. The molecule has 0 spiro atoms. The monoisotopic (exact) mass is 490 g/mol. The summed E-state index contributed by atoms with van der Waals surface area (Å²) in [6, 6.07) is 18.9. The van der Waals surface area contributed by atoms with E-state index in [2.05, 4.69) is 15.6 Å². The molecule has 0 fully saturated rings. The number of ether oxygens (including phenoxy) is 1. The van der Waals surface area contributed by atoms with Gasteiger partial charge in [-0.25, -0.2) is 5.48 Å². The Morgan fingerprint density at radius 1 is 1.06 bits per heavy atom. The number of aliphatic hydroxyl groups is 1. The number of benzene rings is 3. The summed E-state index contributed by atoms with van der Waals surface area (Å²) in [7, 11) is 1.60. The molecule has 0 aliphatic heterocycles. The van der Waals surface area contributed by atoms with Gasteiger partial charge in [-0.15, -0.1) is 0 Å². The van der Waals surface area contributed by atoms with Gasteiger partial charge in [-0.2, -0.15) is 4.98 Å². The molecule has 0 radical (unpaired) electrons. The van der Waals surface area contributed by atoms with E-state index in [1.165, 1.54) is 0 Å². The maximum absolute atomic E-state index is 11.9. The highest BCUT2D eigenvalue weighted by Gasteiger charge is 2.16. The lowest BCUT2D eigenvalue weighted by atomic mass is 10.0. The first-order valence-electron chi connectivity index (χ1n) is 11.2. The normalized spacial score (nSPS) is 11.8. The highest BCUT2D eigenvalue weighted by atomic mass is 16.7. The number of nitrogens with two attached hydrogens (primary N) is 1. The molecule has 4 aromatic rings. The van der Waals surface area contributed by atoms with E-state index in [0.29, 0.717) is 23.9 Å². The van der Waals surface area contributed by atoms with E-state index in [0.717, 1.165) is 27.8 Å². The van der Waals surface area contributed by atoms with Crippen LogP contribution in [0.5, 0.6) is 11.5 Å². The largest absolute Gasteiger partial charge is 0.508 e. The number of carbonyl (C=O) groups is 1. The minimum Gasteiger partial charge on any atom is -0.508 e. The number of amides is 1. The van der Waals surface area contributed by atoms with E-state index in [9.17, 15) is 9.90 Å². The third kappa shape index (κ3) is 5.87. The number of phenols is 1. The van der Waals surface area contributed by atoms with Crippen molar-refractivity contribution < 1.29 is 29.1 Å². The van der Waals surface area contributed by atoms with Crippen LogP contribution in [0.25, 0.3) is 34.0 Å². The molecule has 1 heterocycles. The summed E-state index contributed by atoms with van der Waals surface area (Å²) in [4.78, 5) is 21.3. The molecular weight excluding hydrogens is 464 g/mol. The number of hydrogen-bond acceptors (Lipinski definition) is 9. The lowest BCUT2D eigenvalue weighted by molar-refractivity contribution is -0.135. The van der Waals surface area contributed by atoms with Crippen LogP contribution in [-0.2, 0) is 16.1 Å². The molecule has 186 valence electrons. The molecule has 1 atom stereocenters. The first-order chi connectivity index (χ1) is 17.5. The Balaban J connectivity index is 1.48. The Labute approximate surface area is 207 Å². The van der Waals surface area contributed by atoms with Gasteiger partial charge < -0.3 is 25.2 Å². The summed E-state index contributed by atoms with van der Waals surface area (Å²) < 4.78 is 11.0. The topological polar surface area (TPSA) is 153 Å². The highest BCUT2D eigenvalue weighted by Crippen LogP contribution is 2.35. The number of phenolic OH excluding ortho intramolecular Hbond substituents is 1. The number of nitrogens with zero attached hydrogens (tertiary/aromatic N) is 2. The number of rotatable bonds is 10. The summed E-state index contributed by atoms with van der Waals surface area (Å²) >= 11 is 0. The first kappa shape index (κ1) is 24.9. The summed E-state index contributed by atoms with van der Waals surface area (Å²) in [5.74, 6) is 1.14. The van der Waals surface area contributed by atoms with Gasteiger partial charge in [-0.1, -0.05) is 41.6 Å². The molecule has 4 rings (SSSR count). The average molecular weight is 491 g/mol. The molecular formula is C26H26N4O6. The minimum absolute atomic E-state index is 0.00546. The minimum atomic E-state index is -0.802. The van der Waals surface area contributed by atoms with Gasteiger partial charge in [0.25, 0.3) is 11.8 Å². The van der Waals surface area contributed by atoms with E-state index < -0.39 is 11.9 Å². The third-order valence-corrected chi connectivity index (χ3v) is 5.42. The molecule has 36 heavy (non-hydrogen) atoms. The Kier molecular flexibility index (Phi) is 7.91. The van der Waals surface area contributed by atoms with Crippen LogP contribution in [0.3, 0.4) is 0 Å². The van der Waals surface area contributed by atoms with Gasteiger partial charge in [0.15, 0.2) is 0 Å². The van der Waals surface area contributed by atoms with Crippen LogP contribution < -0.4 is 16.0 Å². The summed E-state index contributed by atoms with van der Waals surface area (Å²) in [5.41, 5.74) is 12.1. The Hall–Kier alpha value is -4.25. The lowest BCUT2D eigenvalue weighted by Crippen LogP contribution is -2.42. The van der Waals surface area contributed by atoms with E-state index in [1.807, 2.05) is 42.5 Å². The van der Waals surface area contributed by atoms with Crippen LogP contribution in [0.15, 0.2) is 71.3 Å². The molecule has 1 amide bonds. The summed E-state index contributed by atoms with van der Waals surface area (Å²) in [6.45, 7) is -0.207. The van der Waals surface area contributed by atoms with Crippen molar-refractivity contribution in [2.45, 2.75) is 12.5 Å². The zero-order valence-corrected chi connectivity index (χ0v) is 19.5. The molecule has 5 N–H and O–H groups in total. The number of methoxy groups -OCH3 is 1. The van der Waals surface area contributed by atoms with Gasteiger partial charge in [-0.05, 0) is 47.9 Å². The Morgan fingerprint density at radius 2 is 1.75 bits per heavy atom. The quantitative estimate of drug-likeness (QED) is 0.194. The van der Waals surface area contributed by atoms with Crippen LogP contribution in [0, 0.1) is 0 Å². The maximum atomic E-state index is 11.9. The van der Waals surface area contributed by atoms with Crippen molar-refractivity contribution in [1.82, 2.24) is 15.6 Å². The van der Waals surface area contributed by atoms with E-state index in [-0.39, 0.29) is 19.0 Å². The standard InChI is InChI=1S/C26H26N4O6/c1-34-23-11-8-19(15-21(23)17-6-9-20(32)10-7-17)26-28-24(29-36-26)18-4-2-16(3-5-18)14-22(27)25(33)30-35-13-12-31/h2-11,15,22,31-32H,12-14,27H2,1H3,(H,30,33)/t22-/m0/s1. The molecule has 0 saturated heterocycles. The molecule has 1 aromatic heterocycles. The molecule has 0 bridgehead atoms. The molecule has 3 aromatic carbocycles. The highest BCUT2D eigenvalue weighted by molar-refractivity contribution is 5.81. The van der Waals surface area contributed by atoms with Crippen molar-refractivity contribution in [2.24, 2.45) is 5.73 Å². The van der Waals surface area contributed by atoms with Gasteiger partial charge in [-0.3, -0.25) is 9.63 Å². The Bertz CT molecular complexity index is 1310. The van der Waals surface area contributed by atoms with Crippen LogP contribution in [0.2, 0.25) is 0 Å². The van der Waals surface area contributed by atoms with Crippen LogP contribution in [0.1, 0.15) is 5.56 Å². The predicted molar refractivity (Wildman–Crippen MR) is 132 cm³/mol. The predicted octanol–water partition coefficient (Wildman–Crippen LogP) is 2.69. The fraction of sp³-hybridized carbons (Fsp3) is 0.192. The molecule has 0 unspecified atom stereocenters. The van der Waals surface area contributed by atoms with Crippen molar-refractivity contribution in [3.8, 4) is 45.5 Å². The lowest BCUT2D eigenvalue weighted by Gasteiger charge is -2.12. The second-order valence-corrected chi connectivity index (χ2v) is 7.93. The van der Waals surface area contributed by atoms with Crippen molar-refractivity contribution >= 4 is 5.91 Å². The maximum Gasteiger partial charge on any atom is 0.260 e. The molecule has 0 saturated carbocycles. The Morgan fingerprint density at radius 3 is 2.44 bits per heavy atom. The molecule has 0 aliphatic rings. The SMILES string of the molecule is COc1ccc(-c2nc(-c3ccc(C[C@H](N)C(=O)NOCCO)cc3)no2)cc1-c1ccc(O)cc1. The van der Waals surface area contributed by atoms with Gasteiger partial charge >= 0.3 is 0 Å². The van der Waals surface area contributed by atoms with Crippen LogP contribution in [0.4, 0.5) is 0 Å². The number of nitrogens with one attached hydrogen (secondary N) is 1. The number of aliphatic hydroxyl groups excluding tert-OH is 1. The summed E-state index contributed by atoms with van der Waals surface area (Å²) in [6.07, 6.45) is 0.304. The van der Waals surface area contributed by atoms with Gasteiger partial charge in [0.1, 0.15) is 11.5 Å². The van der Waals surface area contributed by atoms with Crippen molar-refractivity contribution in [3.05, 3.63) is 72.3 Å². The second kappa shape index (κ2) is 11.5. The fourth-order valence-corrected chi connectivity index (χ4v) is 3.55. The molecule has 0 aliphatic carbocycles. The number of aromatic hydroxyl groups is 1. The van der Waals surface area contributed by atoms with Gasteiger partial charge in [0, 0.05) is 16.7 Å². The van der Waals surface area contributed by atoms with Crippen LogP contribution in [-0.4, -0.2) is 52.6 Å². The van der Waals surface area contributed by atoms with E-state index in [4.69, 9.17) is 24.9 Å². The van der Waals surface area contributed by atoms with Crippen molar-refractivity contribution in [2.75, 3.05) is 20.3 Å². The zero-order chi connectivity index (χ0) is 25.5. The second-order valence-electron chi connectivity index (χ2n) is 7.93. The van der Waals surface area contributed by atoms with Crippen molar-refractivity contribution in [1.29, 1.82) is 0 Å². The number of aromatic nitrogens is 2.